The Bertz CT molecular complexity index is 1100. The van der Waals surface area contributed by atoms with Crippen LogP contribution in [0.5, 0.6) is 0 Å². The molecule has 1 aromatic heterocycles. The Hall–Kier alpha value is -2.60. The number of aliphatic hydroxyl groups is 1. The molecule has 258 valence electrons. The van der Waals surface area contributed by atoms with Crippen molar-refractivity contribution < 1.29 is 38.1 Å². The predicted molar refractivity (Wildman–Crippen MR) is 169 cm³/mol. The molecule has 0 saturated carbocycles. The third-order valence-corrected chi connectivity index (χ3v) is 8.58. The van der Waals surface area contributed by atoms with Crippen LogP contribution in [0.3, 0.4) is 0 Å². The summed E-state index contributed by atoms with van der Waals surface area (Å²) in [5, 5.41) is 22.6. The molecule has 2 rings (SSSR count). The van der Waals surface area contributed by atoms with Gasteiger partial charge in [0.2, 0.25) is 0 Å². The predicted octanol–water partition coefficient (Wildman–Crippen LogP) is 7.35. The van der Waals surface area contributed by atoms with Gasteiger partial charge in [-0.3, -0.25) is 14.7 Å². The molecule has 0 bridgehead atoms. The van der Waals surface area contributed by atoms with E-state index in [-0.39, 0.29) is 31.9 Å². The summed E-state index contributed by atoms with van der Waals surface area (Å²) in [6, 6.07) is -0.471. The van der Waals surface area contributed by atoms with Gasteiger partial charge in [0, 0.05) is 25.1 Å². The first-order chi connectivity index (χ1) is 21.3. The number of carbonyl (C=O) groups is 2. The summed E-state index contributed by atoms with van der Waals surface area (Å²) >= 11 is 0. The van der Waals surface area contributed by atoms with Crippen molar-refractivity contribution in [1.82, 2.24) is 9.55 Å². The number of carbonyl (C=O) groups excluding carboxylic acids is 1. The van der Waals surface area contributed by atoms with Crippen LogP contribution in [0.15, 0.2) is 17.1 Å². The number of aliphatic carboxylic acids is 1. The molecule has 3 N–H and O–H groups in total. The second-order valence-electron chi connectivity index (χ2n) is 13.4. The molecule has 1 aliphatic rings. The lowest BCUT2D eigenvalue weighted by molar-refractivity contribution is -0.171. The summed E-state index contributed by atoms with van der Waals surface area (Å²) in [4.78, 5) is 41.4. The Labute approximate surface area is 266 Å². The van der Waals surface area contributed by atoms with Gasteiger partial charge in [-0.05, 0) is 39.7 Å². The Balaban J connectivity index is 2.16. The number of amides is 1. The van der Waals surface area contributed by atoms with E-state index in [1.165, 1.54) is 44.6 Å². The van der Waals surface area contributed by atoms with Crippen molar-refractivity contribution in [1.29, 1.82) is 0 Å². The largest absolute Gasteiger partial charge is 0.481 e. The number of ether oxygens (including phenoxy) is 2. The van der Waals surface area contributed by atoms with E-state index in [9.17, 15) is 24.6 Å². The number of nitrogens with one attached hydrogen (secondary N) is 1. The van der Waals surface area contributed by atoms with Crippen LogP contribution in [0.25, 0.3) is 0 Å². The quantitative estimate of drug-likeness (QED) is 0.118. The van der Waals surface area contributed by atoms with Crippen molar-refractivity contribution in [2.75, 3.05) is 25.1 Å². The highest BCUT2D eigenvalue weighted by atomic mass is 19.3. The third kappa shape index (κ3) is 12.6. The summed E-state index contributed by atoms with van der Waals surface area (Å²) in [6.45, 7) is 6.40. The van der Waals surface area contributed by atoms with E-state index < -0.39 is 59.7 Å². The topological polar surface area (TPSA) is 140 Å². The molecule has 1 fully saturated rings. The second-order valence-corrected chi connectivity index (χ2v) is 13.4. The molecule has 12 heteroatoms. The van der Waals surface area contributed by atoms with E-state index in [0.29, 0.717) is 12.8 Å². The third-order valence-electron chi connectivity index (χ3n) is 8.58. The Morgan fingerprint density at radius 2 is 1.64 bits per heavy atom. The van der Waals surface area contributed by atoms with Gasteiger partial charge in [0.15, 0.2) is 0 Å². The van der Waals surface area contributed by atoms with Crippen LogP contribution < -0.4 is 11.0 Å². The molecule has 0 radical (unpaired) electrons. The Morgan fingerprint density at radius 1 is 1.07 bits per heavy atom. The molecule has 0 aromatic carbocycles. The number of rotatable bonds is 21. The molecule has 10 nitrogen and oxygen atoms in total. The Morgan fingerprint density at radius 3 is 2.11 bits per heavy atom. The number of unbranched alkanes of at least 4 members (excludes halogenated alkanes) is 11. The van der Waals surface area contributed by atoms with E-state index in [2.05, 4.69) is 17.2 Å². The molecule has 3 atom stereocenters. The van der Waals surface area contributed by atoms with Crippen molar-refractivity contribution >= 4 is 17.9 Å². The number of aliphatic hydroxyl groups excluding tert-OH is 1. The molecule has 0 spiro atoms. The first-order valence-electron chi connectivity index (χ1n) is 16.6. The normalized spacial score (nSPS) is 17.5. The van der Waals surface area contributed by atoms with Gasteiger partial charge in [0.1, 0.15) is 22.9 Å². The maximum Gasteiger partial charge on any atom is 0.413 e. The fourth-order valence-corrected chi connectivity index (χ4v) is 6.02. The average molecular weight is 644 g/mol. The molecule has 0 aliphatic carbocycles. The van der Waals surface area contributed by atoms with Gasteiger partial charge in [0.25, 0.3) is 5.92 Å². The fourth-order valence-electron chi connectivity index (χ4n) is 6.02. The number of halogens is 2. The number of aromatic nitrogens is 2. The molecule has 1 aliphatic heterocycles. The van der Waals surface area contributed by atoms with Crippen LogP contribution in [-0.4, -0.2) is 63.2 Å². The summed E-state index contributed by atoms with van der Waals surface area (Å²) < 4.78 is 43.8. The molecule has 2 heterocycles. The highest BCUT2D eigenvalue weighted by Gasteiger charge is 2.56. The minimum atomic E-state index is -3.69. The molecule has 1 aromatic rings. The highest BCUT2D eigenvalue weighted by Crippen LogP contribution is 2.47. The zero-order valence-corrected chi connectivity index (χ0v) is 27.6. The second kappa shape index (κ2) is 18.5. The lowest BCUT2D eigenvalue weighted by atomic mass is 9.70. The van der Waals surface area contributed by atoms with Crippen molar-refractivity contribution in [3.63, 3.8) is 0 Å². The zero-order valence-electron chi connectivity index (χ0n) is 27.6. The number of hydrogen-bond donors (Lipinski definition) is 3. The number of nitrogens with zero attached hydrogens (tertiary/aromatic N) is 2. The molecule has 45 heavy (non-hydrogen) atoms. The van der Waals surface area contributed by atoms with E-state index in [1.807, 2.05) is 0 Å². The highest BCUT2D eigenvalue weighted by molar-refractivity contribution is 5.83. The van der Waals surface area contributed by atoms with Gasteiger partial charge in [-0.25, -0.2) is 18.4 Å². The first kappa shape index (κ1) is 38.6. The van der Waals surface area contributed by atoms with Crippen molar-refractivity contribution in [3.8, 4) is 0 Å². The SMILES string of the molecule is CCCCCCCCCCCCCC[C@@H](n1ccc(NC(=O)OC(C)(C)C)nc1=O)C(F)(F)C[C@@](CO)(C(=O)O)C1CCOC1. The van der Waals surface area contributed by atoms with Gasteiger partial charge < -0.3 is 19.7 Å². The van der Waals surface area contributed by atoms with Crippen molar-refractivity contribution in [2.45, 2.75) is 142 Å². The average Bonchev–Trinajstić information content (AvgIpc) is 3.49. The van der Waals surface area contributed by atoms with Crippen LogP contribution in [0.1, 0.15) is 130 Å². The fraction of sp³-hybridized carbons (Fsp3) is 0.818. The van der Waals surface area contributed by atoms with Gasteiger partial charge in [-0.15, -0.1) is 0 Å². The smallest absolute Gasteiger partial charge is 0.413 e. The minimum absolute atomic E-state index is 0.0428. The summed E-state index contributed by atoms with van der Waals surface area (Å²) in [5.74, 6) is -6.16. The molecule has 1 unspecified atom stereocenters. The van der Waals surface area contributed by atoms with E-state index in [4.69, 9.17) is 9.47 Å². The number of carboxylic acid groups (broad SMARTS) is 1. The molecular formula is C33H55F2N3O7. The maximum absolute atomic E-state index is 16.3. The summed E-state index contributed by atoms with van der Waals surface area (Å²) in [7, 11) is 0. The first-order valence-corrected chi connectivity index (χ1v) is 16.6. The lowest BCUT2D eigenvalue weighted by Crippen LogP contribution is -2.49. The van der Waals surface area contributed by atoms with Gasteiger partial charge >= 0.3 is 17.8 Å². The summed E-state index contributed by atoms with van der Waals surface area (Å²) in [6.07, 6.45) is 12.0. The molecule has 1 saturated heterocycles. The van der Waals surface area contributed by atoms with E-state index in [0.717, 1.165) is 36.4 Å². The Kier molecular flexibility index (Phi) is 15.9. The lowest BCUT2D eigenvalue weighted by Gasteiger charge is -2.38. The van der Waals surface area contributed by atoms with Crippen LogP contribution in [-0.2, 0) is 14.3 Å². The molecular weight excluding hydrogens is 588 g/mol. The van der Waals surface area contributed by atoms with Crippen molar-refractivity contribution in [3.05, 3.63) is 22.7 Å². The van der Waals surface area contributed by atoms with Crippen LogP contribution in [0.2, 0.25) is 0 Å². The van der Waals surface area contributed by atoms with Gasteiger partial charge in [-0.2, -0.15) is 4.98 Å². The monoisotopic (exact) mass is 643 g/mol. The van der Waals surface area contributed by atoms with Gasteiger partial charge in [0.05, 0.1) is 13.2 Å². The number of alkyl halides is 2. The minimum Gasteiger partial charge on any atom is -0.481 e. The van der Waals surface area contributed by atoms with E-state index >= 15 is 8.78 Å². The number of hydrogen-bond acceptors (Lipinski definition) is 7. The summed E-state index contributed by atoms with van der Waals surface area (Å²) in [5.41, 5.74) is -3.95. The van der Waals surface area contributed by atoms with E-state index in [1.54, 1.807) is 20.8 Å². The number of anilines is 1. The molecule has 1 amide bonds. The van der Waals surface area contributed by atoms with Crippen LogP contribution >= 0.6 is 0 Å². The number of carboxylic acids is 1. The van der Waals surface area contributed by atoms with Crippen LogP contribution in [0, 0.1) is 11.3 Å². The van der Waals surface area contributed by atoms with Gasteiger partial charge in [-0.1, -0.05) is 84.0 Å². The maximum atomic E-state index is 16.3. The van der Waals surface area contributed by atoms with Crippen LogP contribution in [0.4, 0.5) is 19.4 Å². The zero-order chi connectivity index (χ0) is 33.5. The standard InChI is InChI=1S/C33H55F2N3O7/c1-5-6-7-8-9-10-11-12-13-14-15-16-17-26(33(34,35)23-32(24-39,28(40)41)25-19-21-44-22-25)38-20-18-27(36-29(38)42)37-30(43)45-31(2,3)4/h18,20,25-26,39H,5-17,19,21-24H2,1-4H3,(H,40,41)(H,36,37,42,43)/t25?,26-,32+/m1/s1. The van der Waals surface area contributed by atoms with Crippen molar-refractivity contribution in [2.24, 2.45) is 11.3 Å².